The number of halogens is 1. The van der Waals surface area contributed by atoms with Gasteiger partial charge in [0.1, 0.15) is 0 Å². The van der Waals surface area contributed by atoms with Crippen LogP contribution in [0, 0.1) is 0 Å². The Bertz CT molecular complexity index is 420. The van der Waals surface area contributed by atoms with Crippen LogP contribution in [0.15, 0.2) is 41.4 Å². The van der Waals surface area contributed by atoms with Crippen LogP contribution >= 0.6 is 15.9 Å². The van der Waals surface area contributed by atoms with Crippen molar-refractivity contribution < 1.29 is 0 Å². The van der Waals surface area contributed by atoms with E-state index in [0.717, 1.165) is 4.47 Å². The largest absolute Gasteiger partial charge is 0.0985 e. The molecule has 0 nitrogen and oxygen atoms in total. The molecular weight excluding hydrogens is 260 g/mol. The predicted molar refractivity (Wildman–Crippen MR) is 76.7 cm³/mol. The lowest BCUT2D eigenvalue weighted by atomic mass is 9.85. The van der Waals surface area contributed by atoms with E-state index in [1.807, 2.05) is 13.0 Å². The molecule has 0 spiro atoms. The summed E-state index contributed by atoms with van der Waals surface area (Å²) < 4.78 is 1.12. The first-order valence-electron chi connectivity index (χ1n) is 5.48. The molecule has 0 aromatic heterocycles. The molecule has 16 heavy (non-hydrogen) atoms. The van der Waals surface area contributed by atoms with Gasteiger partial charge in [-0.15, -0.1) is 0 Å². The first-order valence-corrected chi connectivity index (χ1v) is 6.28. The Labute approximate surface area is 107 Å². The molecule has 0 amide bonds. The van der Waals surface area contributed by atoms with Crippen LogP contribution in [0.1, 0.15) is 38.8 Å². The Morgan fingerprint density at radius 1 is 1.25 bits per heavy atom. The van der Waals surface area contributed by atoms with Crippen molar-refractivity contribution in [3.8, 4) is 0 Å². The van der Waals surface area contributed by atoms with Crippen molar-refractivity contribution in [2.75, 3.05) is 0 Å². The van der Waals surface area contributed by atoms with E-state index in [4.69, 9.17) is 0 Å². The molecule has 0 saturated heterocycles. The van der Waals surface area contributed by atoms with Crippen molar-refractivity contribution in [1.82, 2.24) is 0 Å². The highest BCUT2D eigenvalue weighted by Gasteiger charge is 2.15. The molecule has 0 aliphatic heterocycles. The molecule has 0 N–H and O–H groups in total. The summed E-state index contributed by atoms with van der Waals surface area (Å²) in [4.78, 5) is 0. The van der Waals surface area contributed by atoms with Gasteiger partial charge in [0, 0.05) is 4.47 Å². The quantitative estimate of drug-likeness (QED) is 0.641. The third-order valence-corrected chi connectivity index (χ3v) is 3.09. The Morgan fingerprint density at radius 2 is 1.88 bits per heavy atom. The minimum Gasteiger partial charge on any atom is -0.0985 e. The molecule has 1 aromatic rings. The summed E-state index contributed by atoms with van der Waals surface area (Å²) in [5.74, 6) is 0. The minimum atomic E-state index is 0.165. The monoisotopic (exact) mass is 278 g/mol. The van der Waals surface area contributed by atoms with Crippen LogP contribution in [0.4, 0.5) is 0 Å². The highest BCUT2D eigenvalue weighted by atomic mass is 79.9. The second-order valence-electron chi connectivity index (χ2n) is 4.93. The van der Waals surface area contributed by atoms with Crippen molar-refractivity contribution in [2.24, 2.45) is 0 Å². The molecule has 0 bridgehead atoms. The van der Waals surface area contributed by atoms with Crippen LogP contribution in [-0.4, -0.2) is 0 Å². The summed E-state index contributed by atoms with van der Waals surface area (Å²) in [6.07, 6.45) is 3.98. The number of rotatable bonds is 2. The van der Waals surface area contributed by atoms with Gasteiger partial charge in [0.15, 0.2) is 0 Å². The average molecular weight is 279 g/mol. The summed E-state index contributed by atoms with van der Waals surface area (Å²) in [6.45, 7) is 12.6. The van der Waals surface area contributed by atoms with Gasteiger partial charge in [-0.05, 0) is 41.2 Å². The molecule has 86 valence electrons. The maximum Gasteiger partial charge on any atom is 0.0184 e. The van der Waals surface area contributed by atoms with Gasteiger partial charge in [-0.2, -0.15) is 0 Å². The Morgan fingerprint density at radius 3 is 2.31 bits per heavy atom. The minimum absolute atomic E-state index is 0.165. The molecule has 0 fully saturated rings. The summed E-state index contributed by atoms with van der Waals surface area (Å²) in [5.41, 5.74) is 3.89. The zero-order valence-corrected chi connectivity index (χ0v) is 12.1. The SMILES string of the molecule is C=C/C(=C\C)c1cc(Br)cc(C(C)(C)C)c1. The van der Waals surface area contributed by atoms with E-state index < -0.39 is 0 Å². The molecule has 1 rings (SSSR count). The van der Waals surface area contributed by atoms with Crippen LogP contribution in [0.3, 0.4) is 0 Å². The van der Waals surface area contributed by atoms with Crippen LogP contribution in [0.25, 0.3) is 5.57 Å². The van der Waals surface area contributed by atoms with E-state index in [2.05, 4.69) is 67.6 Å². The van der Waals surface area contributed by atoms with Crippen LogP contribution < -0.4 is 0 Å². The number of benzene rings is 1. The standard InChI is InChI=1S/C15H19Br/c1-6-11(7-2)12-8-13(15(3,4)5)10-14(16)9-12/h6-10H,1H2,2-5H3/b11-7+. The lowest BCUT2D eigenvalue weighted by Crippen LogP contribution is -2.11. The number of hydrogen-bond acceptors (Lipinski definition) is 0. The zero-order valence-electron chi connectivity index (χ0n) is 10.5. The lowest BCUT2D eigenvalue weighted by molar-refractivity contribution is 0.589. The normalized spacial score (nSPS) is 12.7. The Kier molecular flexibility index (Phi) is 4.15. The van der Waals surface area contributed by atoms with Gasteiger partial charge in [0.25, 0.3) is 0 Å². The van der Waals surface area contributed by atoms with Gasteiger partial charge in [0.2, 0.25) is 0 Å². The number of hydrogen-bond donors (Lipinski definition) is 0. The lowest BCUT2D eigenvalue weighted by Gasteiger charge is -2.20. The predicted octanol–water partition coefficient (Wildman–Crippen LogP) is 5.34. The van der Waals surface area contributed by atoms with Crippen molar-refractivity contribution in [3.63, 3.8) is 0 Å². The van der Waals surface area contributed by atoms with Gasteiger partial charge in [-0.1, -0.05) is 61.5 Å². The van der Waals surface area contributed by atoms with Crippen LogP contribution in [-0.2, 0) is 5.41 Å². The Balaban J connectivity index is 3.34. The van der Waals surface area contributed by atoms with Crippen molar-refractivity contribution in [1.29, 1.82) is 0 Å². The van der Waals surface area contributed by atoms with E-state index >= 15 is 0 Å². The molecule has 0 atom stereocenters. The fourth-order valence-corrected chi connectivity index (χ4v) is 2.08. The van der Waals surface area contributed by atoms with Crippen LogP contribution in [0.5, 0.6) is 0 Å². The van der Waals surface area contributed by atoms with Crippen molar-refractivity contribution >= 4 is 21.5 Å². The van der Waals surface area contributed by atoms with Crippen molar-refractivity contribution in [3.05, 3.63) is 52.5 Å². The summed E-state index contributed by atoms with van der Waals surface area (Å²) >= 11 is 3.57. The topological polar surface area (TPSA) is 0 Å². The van der Waals surface area contributed by atoms with E-state index in [9.17, 15) is 0 Å². The summed E-state index contributed by atoms with van der Waals surface area (Å²) in [6, 6.07) is 6.55. The fraction of sp³-hybridized carbons (Fsp3) is 0.333. The molecule has 1 heteroatoms. The molecule has 0 radical (unpaired) electrons. The summed E-state index contributed by atoms with van der Waals surface area (Å²) in [7, 11) is 0. The maximum absolute atomic E-state index is 3.85. The van der Waals surface area contributed by atoms with E-state index in [0.29, 0.717) is 0 Å². The second kappa shape index (κ2) is 5.01. The molecule has 0 aliphatic rings. The highest BCUT2D eigenvalue weighted by molar-refractivity contribution is 9.10. The van der Waals surface area contributed by atoms with E-state index in [1.54, 1.807) is 0 Å². The zero-order chi connectivity index (χ0) is 12.3. The smallest absolute Gasteiger partial charge is 0.0184 e. The van der Waals surface area contributed by atoms with E-state index in [1.165, 1.54) is 16.7 Å². The van der Waals surface area contributed by atoms with E-state index in [-0.39, 0.29) is 5.41 Å². The van der Waals surface area contributed by atoms with Crippen molar-refractivity contribution in [2.45, 2.75) is 33.1 Å². The molecule has 0 saturated carbocycles. The highest BCUT2D eigenvalue weighted by Crippen LogP contribution is 2.29. The maximum atomic E-state index is 3.85. The molecule has 1 aromatic carbocycles. The summed E-state index contributed by atoms with van der Waals surface area (Å²) in [5, 5.41) is 0. The Hall–Kier alpha value is -0.820. The molecule has 0 aliphatic carbocycles. The van der Waals surface area contributed by atoms with Gasteiger partial charge >= 0.3 is 0 Å². The third kappa shape index (κ3) is 3.08. The molecule has 0 unspecified atom stereocenters. The average Bonchev–Trinajstić information content (AvgIpc) is 2.17. The third-order valence-electron chi connectivity index (χ3n) is 2.63. The molecule has 0 heterocycles. The fourth-order valence-electron chi connectivity index (χ4n) is 1.59. The van der Waals surface area contributed by atoms with Gasteiger partial charge < -0.3 is 0 Å². The first-order chi connectivity index (χ1) is 7.38. The van der Waals surface area contributed by atoms with Gasteiger partial charge in [0.05, 0.1) is 0 Å². The van der Waals surface area contributed by atoms with Crippen LogP contribution in [0.2, 0.25) is 0 Å². The van der Waals surface area contributed by atoms with Gasteiger partial charge in [-0.25, -0.2) is 0 Å². The first kappa shape index (κ1) is 13.2. The number of allylic oxidation sites excluding steroid dienone is 3. The van der Waals surface area contributed by atoms with Gasteiger partial charge in [-0.3, -0.25) is 0 Å². The molecular formula is C15H19Br. The second-order valence-corrected chi connectivity index (χ2v) is 5.84.